The minimum absolute atomic E-state index is 0.0787. The summed E-state index contributed by atoms with van der Waals surface area (Å²) >= 11 is 0. The molecule has 18 heavy (non-hydrogen) atoms. The first-order valence-electron chi connectivity index (χ1n) is 5.61. The number of hydrogen-bond acceptors (Lipinski definition) is 3. The Balaban J connectivity index is 2.00. The van der Waals surface area contributed by atoms with Crippen molar-refractivity contribution in [3.05, 3.63) is 48.4 Å². The fourth-order valence-electron chi connectivity index (χ4n) is 1.65. The Morgan fingerprint density at radius 3 is 2.44 bits per heavy atom. The molecule has 0 aliphatic heterocycles. The Hall–Kier alpha value is -2.43. The molecule has 2 aromatic rings. The average Bonchev–Trinajstić information content (AvgIpc) is 2.84. The molecule has 0 radical (unpaired) electrons. The fourth-order valence-corrected chi connectivity index (χ4v) is 1.65. The summed E-state index contributed by atoms with van der Waals surface area (Å²) in [4.78, 5) is 10.7. The summed E-state index contributed by atoms with van der Waals surface area (Å²) < 4.78 is 5.31. The molecule has 5 nitrogen and oxygen atoms in total. The highest BCUT2D eigenvalue weighted by Crippen LogP contribution is 2.20. The van der Waals surface area contributed by atoms with Crippen molar-refractivity contribution in [3.63, 3.8) is 0 Å². The number of nitrogens with one attached hydrogen (secondary N) is 2. The first kappa shape index (κ1) is 12.0. The lowest BCUT2D eigenvalue weighted by Crippen LogP contribution is -2.19. The van der Waals surface area contributed by atoms with E-state index in [2.05, 4.69) is 10.6 Å². The van der Waals surface area contributed by atoms with Gasteiger partial charge in [-0.25, -0.2) is 4.79 Å². The third-order valence-corrected chi connectivity index (χ3v) is 2.51. The number of nitrogens with two attached hydrogens (primary N) is 1. The molecule has 5 heteroatoms. The number of furan rings is 1. The van der Waals surface area contributed by atoms with Crippen LogP contribution in [0.2, 0.25) is 0 Å². The largest absolute Gasteiger partial charge is 0.467 e. The number of urea groups is 1. The van der Waals surface area contributed by atoms with Gasteiger partial charge in [-0.3, -0.25) is 0 Å². The topological polar surface area (TPSA) is 80.3 Å². The lowest BCUT2D eigenvalue weighted by atomic mass is 10.2. The molecule has 1 aromatic heterocycles. The minimum Gasteiger partial charge on any atom is -0.467 e. The summed E-state index contributed by atoms with van der Waals surface area (Å²) in [5.74, 6) is 0.870. The maximum atomic E-state index is 10.7. The first-order valence-corrected chi connectivity index (χ1v) is 5.61. The van der Waals surface area contributed by atoms with E-state index in [1.807, 2.05) is 31.2 Å². The van der Waals surface area contributed by atoms with Crippen molar-refractivity contribution in [1.29, 1.82) is 0 Å². The second kappa shape index (κ2) is 5.27. The van der Waals surface area contributed by atoms with E-state index in [1.165, 1.54) is 0 Å². The fraction of sp³-hybridized carbons (Fsp3) is 0.154. The zero-order valence-corrected chi connectivity index (χ0v) is 10.0. The lowest BCUT2D eigenvalue weighted by Gasteiger charge is -2.13. The van der Waals surface area contributed by atoms with Crippen molar-refractivity contribution in [2.24, 2.45) is 5.73 Å². The summed E-state index contributed by atoms with van der Waals surface area (Å²) in [6.45, 7) is 2.01. The molecular weight excluding hydrogens is 230 g/mol. The van der Waals surface area contributed by atoms with Crippen LogP contribution in [0.3, 0.4) is 0 Å². The zero-order valence-electron chi connectivity index (χ0n) is 10.0. The maximum Gasteiger partial charge on any atom is 0.316 e. The van der Waals surface area contributed by atoms with E-state index in [9.17, 15) is 4.79 Å². The molecule has 0 aliphatic carbocycles. The Labute approximate surface area is 105 Å². The SMILES string of the molecule is CC(Nc1ccc(NC(N)=O)cc1)c1ccco1. The summed E-state index contributed by atoms with van der Waals surface area (Å²) in [6, 6.07) is 10.6. The van der Waals surface area contributed by atoms with Gasteiger partial charge in [-0.05, 0) is 43.3 Å². The van der Waals surface area contributed by atoms with Gasteiger partial charge in [0.1, 0.15) is 5.76 Å². The van der Waals surface area contributed by atoms with Gasteiger partial charge in [0.05, 0.1) is 12.3 Å². The molecule has 0 bridgehead atoms. The maximum absolute atomic E-state index is 10.7. The van der Waals surface area contributed by atoms with Crippen molar-refractivity contribution in [2.45, 2.75) is 13.0 Å². The monoisotopic (exact) mass is 245 g/mol. The van der Waals surface area contributed by atoms with E-state index >= 15 is 0 Å². The van der Waals surface area contributed by atoms with Crippen molar-refractivity contribution in [2.75, 3.05) is 10.6 Å². The van der Waals surface area contributed by atoms with Crippen LogP contribution in [0.5, 0.6) is 0 Å². The average molecular weight is 245 g/mol. The molecular formula is C13H15N3O2. The minimum atomic E-state index is -0.570. The quantitative estimate of drug-likeness (QED) is 0.774. The highest BCUT2D eigenvalue weighted by Gasteiger charge is 2.07. The van der Waals surface area contributed by atoms with Crippen LogP contribution in [0.15, 0.2) is 47.1 Å². The van der Waals surface area contributed by atoms with Gasteiger partial charge in [0, 0.05) is 11.4 Å². The van der Waals surface area contributed by atoms with E-state index in [0.717, 1.165) is 11.4 Å². The Morgan fingerprint density at radius 2 is 1.89 bits per heavy atom. The van der Waals surface area contributed by atoms with Gasteiger partial charge in [-0.2, -0.15) is 0 Å². The number of primary amides is 1. The van der Waals surface area contributed by atoms with E-state index in [0.29, 0.717) is 5.69 Å². The Kier molecular flexibility index (Phi) is 3.52. The Morgan fingerprint density at radius 1 is 1.22 bits per heavy atom. The van der Waals surface area contributed by atoms with Crippen LogP contribution >= 0.6 is 0 Å². The number of hydrogen-bond donors (Lipinski definition) is 3. The van der Waals surface area contributed by atoms with Gasteiger partial charge in [0.15, 0.2) is 0 Å². The van der Waals surface area contributed by atoms with E-state index in [4.69, 9.17) is 10.2 Å². The number of carbonyl (C=O) groups excluding carboxylic acids is 1. The lowest BCUT2D eigenvalue weighted by molar-refractivity contribution is 0.259. The molecule has 0 spiro atoms. The molecule has 0 fully saturated rings. The molecule has 94 valence electrons. The highest BCUT2D eigenvalue weighted by molar-refractivity contribution is 5.87. The number of anilines is 2. The van der Waals surface area contributed by atoms with Crippen LogP contribution in [0, 0.1) is 0 Å². The van der Waals surface area contributed by atoms with Gasteiger partial charge in [-0.15, -0.1) is 0 Å². The van der Waals surface area contributed by atoms with Crippen molar-refractivity contribution < 1.29 is 9.21 Å². The number of benzene rings is 1. The normalized spacial score (nSPS) is 11.8. The molecule has 2 rings (SSSR count). The first-order chi connectivity index (χ1) is 8.65. The molecule has 1 unspecified atom stereocenters. The molecule has 1 heterocycles. The zero-order chi connectivity index (χ0) is 13.0. The van der Waals surface area contributed by atoms with Crippen molar-refractivity contribution in [1.82, 2.24) is 0 Å². The summed E-state index contributed by atoms with van der Waals surface area (Å²) in [7, 11) is 0. The molecule has 0 aliphatic rings. The van der Waals surface area contributed by atoms with Gasteiger partial charge >= 0.3 is 6.03 Å². The summed E-state index contributed by atoms with van der Waals surface area (Å²) in [5.41, 5.74) is 6.63. The second-order valence-corrected chi connectivity index (χ2v) is 3.95. The molecule has 0 saturated heterocycles. The van der Waals surface area contributed by atoms with Crippen LogP contribution in [0.25, 0.3) is 0 Å². The van der Waals surface area contributed by atoms with Gasteiger partial charge in [0.2, 0.25) is 0 Å². The third-order valence-electron chi connectivity index (χ3n) is 2.51. The standard InChI is InChI=1S/C13H15N3O2/c1-9(12-3-2-8-18-12)15-10-4-6-11(7-5-10)16-13(14)17/h2-9,15H,1H3,(H3,14,16,17). The van der Waals surface area contributed by atoms with Crippen LogP contribution in [0.1, 0.15) is 18.7 Å². The van der Waals surface area contributed by atoms with Crippen LogP contribution in [-0.2, 0) is 0 Å². The second-order valence-electron chi connectivity index (χ2n) is 3.95. The van der Waals surface area contributed by atoms with Gasteiger partial charge in [0.25, 0.3) is 0 Å². The van der Waals surface area contributed by atoms with E-state index in [1.54, 1.807) is 18.4 Å². The number of amides is 2. The highest BCUT2D eigenvalue weighted by atomic mass is 16.3. The van der Waals surface area contributed by atoms with Crippen LogP contribution in [-0.4, -0.2) is 6.03 Å². The Bertz CT molecular complexity index is 506. The van der Waals surface area contributed by atoms with Crippen LogP contribution in [0.4, 0.5) is 16.2 Å². The molecule has 1 aromatic carbocycles. The van der Waals surface area contributed by atoms with Crippen molar-refractivity contribution in [3.8, 4) is 0 Å². The predicted octanol–water partition coefficient (Wildman–Crippen LogP) is 2.94. The molecule has 2 amide bonds. The summed E-state index contributed by atoms with van der Waals surface area (Å²) in [5, 5.41) is 5.79. The summed E-state index contributed by atoms with van der Waals surface area (Å²) in [6.07, 6.45) is 1.65. The predicted molar refractivity (Wildman–Crippen MR) is 70.4 cm³/mol. The van der Waals surface area contributed by atoms with Crippen molar-refractivity contribution >= 4 is 17.4 Å². The smallest absolute Gasteiger partial charge is 0.316 e. The molecule has 4 N–H and O–H groups in total. The number of carbonyl (C=O) groups is 1. The van der Waals surface area contributed by atoms with Gasteiger partial charge in [-0.1, -0.05) is 0 Å². The van der Waals surface area contributed by atoms with Crippen LogP contribution < -0.4 is 16.4 Å². The van der Waals surface area contributed by atoms with E-state index in [-0.39, 0.29) is 6.04 Å². The molecule has 0 saturated carbocycles. The van der Waals surface area contributed by atoms with Gasteiger partial charge < -0.3 is 20.8 Å². The third kappa shape index (κ3) is 3.04. The van der Waals surface area contributed by atoms with E-state index < -0.39 is 6.03 Å². The molecule has 1 atom stereocenters. The number of rotatable bonds is 4.